The maximum Gasteiger partial charge on any atom is 0.135 e. The van der Waals surface area contributed by atoms with Crippen molar-refractivity contribution in [2.24, 2.45) is 0 Å². The Labute approximate surface area is 313 Å². The predicted molar refractivity (Wildman–Crippen MR) is 193 cm³/mol. The molecule has 0 amide bonds. The highest BCUT2D eigenvalue weighted by Gasteiger charge is 2.14. The Hall–Kier alpha value is -6.12. The van der Waals surface area contributed by atoms with Crippen LogP contribution in [-0.2, 0) is 0 Å². The highest BCUT2D eigenvalue weighted by molar-refractivity contribution is 5.85. The Morgan fingerprint density at radius 1 is 0.348 bits per heavy atom. The average molecular weight is 621 g/mol. The van der Waals surface area contributed by atoms with Crippen molar-refractivity contribution >= 4 is 28.0 Å². The lowest BCUT2D eigenvalue weighted by Gasteiger charge is -2.26. The molecule has 46 heavy (non-hydrogen) atoms. The molecular formula is C44H31NO. The largest absolute Gasteiger partial charge is 0.456 e. The molecule has 0 N–H and O–H groups in total. The van der Waals surface area contributed by atoms with Crippen LogP contribution in [-0.4, -0.2) is 0 Å². The lowest BCUT2D eigenvalue weighted by Crippen LogP contribution is -2.09. The Morgan fingerprint density at radius 3 is 1.30 bits per heavy atom. The molecule has 0 unspecified atom stereocenters. The molecule has 2 heteroatoms. The molecule has 8 rings (SSSR count). The zero-order valence-corrected chi connectivity index (χ0v) is 22.9. The van der Waals surface area contributed by atoms with Crippen molar-refractivity contribution in [3.8, 4) is 44.7 Å². The summed E-state index contributed by atoms with van der Waals surface area (Å²) >= 11 is 0. The zero-order valence-electron chi connectivity index (χ0n) is 53.9. The standard InChI is InChI=1S/C44H31NO/c1-3-10-32(11-4-1)34-18-24-40(25-19-34)45(41-26-20-35(21-27-41)33-12-5-2-6-13-33)42-28-22-36(23-29-42)37-15-9-16-38(30-37)44-31-39-14-7-8-17-43(39)46-44/h1-31H/i1D,2D,3D,4D,5D,6D,7D,8D,9D,10D,11D,12D,13D,14D,15D,16D,17D,18D,19D,20D,21D,22D,23D,24D,25D,26D,27D,28D,29D,30D,31D. The molecule has 0 spiro atoms. The number of para-hydroxylation sites is 1. The number of fused-ring (bicyclic) bond motifs is 1. The van der Waals surface area contributed by atoms with E-state index < -0.39 is 260 Å². The number of benzene rings is 7. The van der Waals surface area contributed by atoms with Gasteiger partial charge < -0.3 is 9.32 Å². The minimum Gasteiger partial charge on any atom is -0.456 e. The van der Waals surface area contributed by atoms with Crippen LogP contribution >= 0.6 is 0 Å². The van der Waals surface area contributed by atoms with Crippen LogP contribution in [0.3, 0.4) is 0 Å². The molecule has 8 aromatic rings. The lowest BCUT2D eigenvalue weighted by atomic mass is 10.0. The quantitative estimate of drug-likeness (QED) is 0.176. The van der Waals surface area contributed by atoms with Gasteiger partial charge in [-0.3, -0.25) is 0 Å². The van der Waals surface area contributed by atoms with Crippen LogP contribution in [0.15, 0.2) is 192 Å². The first-order valence-corrected chi connectivity index (χ1v) is 13.1. The van der Waals surface area contributed by atoms with Crippen LogP contribution in [0.1, 0.15) is 42.5 Å². The lowest BCUT2D eigenvalue weighted by molar-refractivity contribution is 0.631. The SMILES string of the molecule is [2H]c1c([2H])c([2H])c(-c2c([2H])c([2H])c(N(c3c([2H])c([2H])c(-c4c([2H])c([2H])c([2H])c([2H])c4[2H])c([2H])c3[2H])c3c([2H])c([2H])c(-c4c([2H])c([2H])c([2H])c(-c5oc6c([2H])c([2H])c([2H])c([2H])c6c5[2H])c4[2H])c([2H])c3[2H])c([2H])c2[2H])c([2H])c1[2H]. The number of rotatable bonds is 7. The molecule has 7 aromatic carbocycles. The highest BCUT2D eigenvalue weighted by Crippen LogP contribution is 2.38. The first-order chi connectivity index (χ1) is 35.7. The molecule has 1 aromatic heterocycles. The van der Waals surface area contributed by atoms with Gasteiger partial charge in [0, 0.05) is 28.0 Å². The van der Waals surface area contributed by atoms with Gasteiger partial charge in [0.15, 0.2) is 0 Å². The molecule has 1 heterocycles. The van der Waals surface area contributed by atoms with E-state index in [9.17, 15) is 12.3 Å². The van der Waals surface area contributed by atoms with Crippen molar-refractivity contribution in [2.75, 3.05) is 4.90 Å². The van der Waals surface area contributed by atoms with Gasteiger partial charge in [-0.2, -0.15) is 0 Å². The highest BCUT2D eigenvalue weighted by atomic mass is 16.3. The van der Waals surface area contributed by atoms with Gasteiger partial charge in [-0.15, -0.1) is 0 Å². The summed E-state index contributed by atoms with van der Waals surface area (Å²) in [4.78, 5) is 0.264. The summed E-state index contributed by atoms with van der Waals surface area (Å²) in [5, 5.41) is -0.507. The van der Waals surface area contributed by atoms with E-state index in [4.69, 9.17) is 34.6 Å². The van der Waals surface area contributed by atoms with Crippen molar-refractivity contribution < 1.29 is 46.9 Å². The molecule has 0 aliphatic carbocycles. The second-order valence-electron chi connectivity index (χ2n) is 9.02. The minimum absolute atomic E-state index is 0.264. The van der Waals surface area contributed by atoms with Crippen molar-refractivity contribution in [3.05, 3.63) is 187 Å². The molecule has 218 valence electrons. The summed E-state index contributed by atoms with van der Waals surface area (Å²) in [7, 11) is 0. The second kappa shape index (κ2) is 12.1. The molecule has 0 radical (unpaired) electrons. The number of nitrogens with zero attached hydrogens (tertiary/aromatic N) is 1. The zero-order chi connectivity index (χ0) is 57.7. The summed E-state index contributed by atoms with van der Waals surface area (Å²) in [5.74, 6) is -0.791. The fraction of sp³-hybridized carbons (Fsp3) is 0. The van der Waals surface area contributed by atoms with Crippen molar-refractivity contribution in [1.82, 2.24) is 0 Å². The fourth-order valence-corrected chi connectivity index (χ4v) is 4.12. The van der Waals surface area contributed by atoms with E-state index in [-0.39, 0.29) is 4.90 Å². The van der Waals surface area contributed by atoms with Gasteiger partial charge in [0.05, 0.1) is 42.5 Å². The summed E-state index contributed by atoms with van der Waals surface area (Å²) in [6.07, 6.45) is 0. The number of hydrogen-bond donors (Lipinski definition) is 0. The maximum absolute atomic E-state index is 9.48. The van der Waals surface area contributed by atoms with Crippen molar-refractivity contribution in [2.45, 2.75) is 0 Å². The van der Waals surface area contributed by atoms with Crippen molar-refractivity contribution in [1.29, 1.82) is 0 Å². The molecular weight excluding hydrogens is 558 g/mol. The van der Waals surface area contributed by atoms with E-state index in [1.165, 1.54) is 0 Å². The molecule has 0 aliphatic heterocycles. The Balaban J connectivity index is 1.51. The van der Waals surface area contributed by atoms with Gasteiger partial charge in [0.25, 0.3) is 0 Å². The smallest absolute Gasteiger partial charge is 0.135 e. The maximum atomic E-state index is 9.48. The molecule has 0 atom stereocenters. The number of anilines is 3. The molecule has 0 bridgehead atoms. The summed E-state index contributed by atoms with van der Waals surface area (Å²) < 4.78 is 278. The van der Waals surface area contributed by atoms with Gasteiger partial charge >= 0.3 is 0 Å². The van der Waals surface area contributed by atoms with E-state index in [0.717, 1.165) is 0 Å². The van der Waals surface area contributed by atoms with Gasteiger partial charge in [-0.25, -0.2) is 0 Å². The van der Waals surface area contributed by atoms with Crippen LogP contribution < -0.4 is 4.90 Å². The molecule has 0 aliphatic rings. The van der Waals surface area contributed by atoms with Gasteiger partial charge in [-0.1, -0.05) is 133 Å². The topological polar surface area (TPSA) is 16.4 Å². The van der Waals surface area contributed by atoms with Crippen LogP contribution in [0.5, 0.6) is 0 Å². The summed E-state index contributed by atoms with van der Waals surface area (Å²) in [6.45, 7) is 0. The molecule has 0 saturated carbocycles. The van der Waals surface area contributed by atoms with Crippen LogP contribution in [0.2, 0.25) is 0 Å². The number of hydrogen-bond acceptors (Lipinski definition) is 2. The second-order valence-corrected chi connectivity index (χ2v) is 9.02. The van der Waals surface area contributed by atoms with E-state index in [1.807, 2.05) is 0 Å². The minimum atomic E-state index is -1.32. The van der Waals surface area contributed by atoms with Crippen molar-refractivity contribution in [3.63, 3.8) is 0 Å². The van der Waals surface area contributed by atoms with E-state index in [2.05, 4.69) is 0 Å². The molecule has 2 nitrogen and oxygen atoms in total. The molecule has 0 fully saturated rings. The Morgan fingerprint density at radius 2 is 0.761 bits per heavy atom. The fourth-order valence-electron chi connectivity index (χ4n) is 4.12. The van der Waals surface area contributed by atoms with Crippen LogP contribution in [0.4, 0.5) is 17.1 Å². The van der Waals surface area contributed by atoms with Crippen LogP contribution in [0, 0.1) is 0 Å². The average Bonchev–Trinajstić information content (AvgIpc) is 3.73. The summed E-state index contributed by atoms with van der Waals surface area (Å²) in [6, 6.07) is -32.6. The third kappa shape index (κ3) is 5.49. The number of furan rings is 1. The third-order valence-electron chi connectivity index (χ3n) is 6.20. The monoisotopic (exact) mass is 620 g/mol. The van der Waals surface area contributed by atoms with Gasteiger partial charge in [-0.05, 0) is 87.8 Å². The van der Waals surface area contributed by atoms with Crippen LogP contribution in [0.25, 0.3) is 55.7 Å². The molecule has 0 saturated heterocycles. The first kappa shape index (κ1) is 9.94. The normalized spacial score (nSPS) is 20.5. The summed E-state index contributed by atoms with van der Waals surface area (Å²) in [5.41, 5.74) is -10.4. The van der Waals surface area contributed by atoms with E-state index >= 15 is 0 Å². The predicted octanol–water partition coefficient (Wildman–Crippen LogP) is 12.6. The Kier molecular flexibility index (Phi) is 2.62. The van der Waals surface area contributed by atoms with E-state index in [1.54, 1.807) is 0 Å². The van der Waals surface area contributed by atoms with Gasteiger partial charge in [0.1, 0.15) is 11.3 Å². The van der Waals surface area contributed by atoms with Gasteiger partial charge in [0.2, 0.25) is 0 Å². The first-order valence-electron chi connectivity index (χ1n) is 28.6. The third-order valence-corrected chi connectivity index (χ3v) is 6.20. The van der Waals surface area contributed by atoms with E-state index in [0.29, 0.717) is 0 Å². The Bertz CT molecular complexity index is 3730.